The Morgan fingerprint density at radius 2 is 1.31 bits per heavy atom. The van der Waals surface area contributed by atoms with Crippen LogP contribution in [0.15, 0.2) is 126 Å². The predicted octanol–water partition coefficient (Wildman–Crippen LogP) is 10.7. The molecule has 2 heterocycles. The van der Waals surface area contributed by atoms with Gasteiger partial charge in [-0.3, -0.25) is 0 Å². The van der Waals surface area contributed by atoms with Crippen molar-refractivity contribution in [2.45, 2.75) is 6.92 Å². The fourth-order valence-corrected chi connectivity index (χ4v) is 5.80. The van der Waals surface area contributed by atoms with Gasteiger partial charge in [-0.05, 0) is 79.2 Å². The number of hydrogen-bond acceptors (Lipinski definition) is 2. The third-order valence-corrected chi connectivity index (χ3v) is 7.87. The summed E-state index contributed by atoms with van der Waals surface area (Å²) in [5.41, 5.74) is 5.94. The van der Waals surface area contributed by atoms with Crippen LogP contribution >= 0.6 is 15.9 Å². The maximum absolute atomic E-state index is 15.2. The minimum Gasteiger partial charge on any atom is -0.457 e. The van der Waals surface area contributed by atoms with Crippen molar-refractivity contribution in [1.82, 2.24) is 9.55 Å². The van der Waals surface area contributed by atoms with Gasteiger partial charge in [0.25, 0.3) is 0 Å². The zero-order chi connectivity index (χ0) is 28.8. The molecule has 0 fully saturated rings. The molecule has 204 valence electrons. The SMILES string of the molecule is Cc1ccc(Oc2cccc(Br)c2)cc1-c1cc(-n2c3ccccc3c3ccccc32)cc(-c2ccc(F)cc2F)n1. The van der Waals surface area contributed by atoms with Crippen molar-refractivity contribution in [2.75, 3.05) is 0 Å². The number of ether oxygens (including phenoxy) is 1. The van der Waals surface area contributed by atoms with E-state index in [0.717, 1.165) is 49.2 Å². The molecule has 6 heteroatoms. The number of nitrogens with zero attached hydrogens (tertiary/aromatic N) is 2. The second-order valence-corrected chi connectivity index (χ2v) is 11.0. The molecule has 0 aliphatic heterocycles. The average Bonchev–Trinajstić information content (AvgIpc) is 3.32. The highest BCUT2D eigenvalue weighted by Gasteiger charge is 2.18. The van der Waals surface area contributed by atoms with Gasteiger partial charge in [0.15, 0.2) is 0 Å². The number of rotatable bonds is 5. The molecule has 0 spiro atoms. The maximum Gasteiger partial charge on any atom is 0.135 e. The van der Waals surface area contributed by atoms with Crippen molar-refractivity contribution >= 4 is 37.7 Å². The summed E-state index contributed by atoms with van der Waals surface area (Å²) in [5, 5.41) is 2.23. The van der Waals surface area contributed by atoms with E-state index >= 15 is 4.39 Å². The Bertz CT molecular complexity index is 2080. The van der Waals surface area contributed by atoms with Gasteiger partial charge in [0.2, 0.25) is 0 Å². The minimum absolute atomic E-state index is 0.222. The van der Waals surface area contributed by atoms with E-state index in [-0.39, 0.29) is 5.56 Å². The number of hydrogen-bond donors (Lipinski definition) is 0. The molecule has 2 aromatic heterocycles. The standard InChI is InChI=1S/C36H23BrF2N2O/c1-22-13-15-27(42-26-8-6-7-23(37)17-26)21-31(22)34-20-25(19-33(40-34)30-16-14-24(38)18-32(30)39)41-35-11-4-2-9-28(35)29-10-3-5-12-36(29)41/h2-21H,1H3. The van der Waals surface area contributed by atoms with Crippen LogP contribution in [0.25, 0.3) is 50.0 Å². The molecule has 0 aliphatic carbocycles. The largest absolute Gasteiger partial charge is 0.457 e. The summed E-state index contributed by atoms with van der Waals surface area (Å²) in [7, 11) is 0. The van der Waals surface area contributed by atoms with E-state index in [1.54, 1.807) is 0 Å². The van der Waals surface area contributed by atoms with Crippen LogP contribution in [0, 0.1) is 18.6 Å². The number of pyridine rings is 1. The number of halogens is 3. The van der Waals surface area contributed by atoms with Gasteiger partial charge in [0.1, 0.15) is 23.1 Å². The molecular weight excluding hydrogens is 594 g/mol. The molecule has 7 aromatic rings. The van der Waals surface area contributed by atoms with E-state index in [1.807, 2.05) is 85.8 Å². The summed E-state index contributed by atoms with van der Waals surface area (Å²) in [6.45, 7) is 2.01. The summed E-state index contributed by atoms with van der Waals surface area (Å²) in [5.74, 6) is 0.0343. The lowest BCUT2D eigenvalue weighted by Crippen LogP contribution is -2.00. The molecular formula is C36H23BrF2N2O. The van der Waals surface area contributed by atoms with Gasteiger partial charge in [-0.25, -0.2) is 13.8 Å². The van der Waals surface area contributed by atoms with Gasteiger partial charge in [-0.1, -0.05) is 64.5 Å². The lowest BCUT2D eigenvalue weighted by molar-refractivity contribution is 0.482. The second kappa shape index (κ2) is 10.5. The first kappa shape index (κ1) is 26.1. The Kier molecular flexibility index (Phi) is 6.56. The van der Waals surface area contributed by atoms with E-state index in [1.165, 1.54) is 12.1 Å². The van der Waals surface area contributed by atoms with Crippen LogP contribution < -0.4 is 4.74 Å². The number of aryl methyl sites for hydroxylation is 1. The van der Waals surface area contributed by atoms with Crippen molar-refractivity contribution in [3.8, 4) is 39.7 Å². The Morgan fingerprint density at radius 1 is 0.643 bits per heavy atom. The van der Waals surface area contributed by atoms with Gasteiger partial charge >= 0.3 is 0 Å². The van der Waals surface area contributed by atoms with Gasteiger partial charge in [0.05, 0.1) is 28.1 Å². The van der Waals surface area contributed by atoms with E-state index in [9.17, 15) is 4.39 Å². The van der Waals surface area contributed by atoms with Gasteiger partial charge < -0.3 is 9.30 Å². The highest BCUT2D eigenvalue weighted by atomic mass is 79.9. The van der Waals surface area contributed by atoms with Crippen LogP contribution in [0.4, 0.5) is 8.78 Å². The molecule has 0 bridgehead atoms. The first-order chi connectivity index (χ1) is 20.4. The van der Waals surface area contributed by atoms with Crippen molar-refractivity contribution < 1.29 is 13.5 Å². The highest BCUT2D eigenvalue weighted by molar-refractivity contribution is 9.10. The number of benzene rings is 5. The molecule has 3 nitrogen and oxygen atoms in total. The summed E-state index contributed by atoms with van der Waals surface area (Å²) >= 11 is 3.49. The molecule has 0 aliphatic rings. The quantitative estimate of drug-likeness (QED) is 0.192. The fraction of sp³-hybridized carbons (Fsp3) is 0.0278. The zero-order valence-electron chi connectivity index (χ0n) is 22.5. The molecule has 0 radical (unpaired) electrons. The van der Waals surface area contributed by atoms with Crippen LogP contribution in [0.3, 0.4) is 0 Å². The normalized spacial score (nSPS) is 11.3. The fourth-order valence-electron chi connectivity index (χ4n) is 5.43. The van der Waals surface area contributed by atoms with Crippen LogP contribution in [0.1, 0.15) is 5.56 Å². The molecule has 42 heavy (non-hydrogen) atoms. The predicted molar refractivity (Wildman–Crippen MR) is 168 cm³/mol. The first-order valence-electron chi connectivity index (χ1n) is 13.5. The molecule has 0 amide bonds. The Balaban J connectivity index is 1.47. The lowest BCUT2D eigenvalue weighted by atomic mass is 10.0. The van der Waals surface area contributed by atoms with Crippen molar-refractivity contribution in [2.24, 2.45) is 0 Å². The summed E-state index contributed by atoms with van der Waals surface area (Å²) in [4.78, 5) is 4.92. The lowest BCUT2D eigenvalue weighted by Gasteiger charge is -2.15. The Hall–Kier alpha value is -4.81. The average molecular weight is 617 g/mol. The summed E-state index contributed by atoms with van der Waals surface area (Å²) in [6, 6.07) is 37.3. The van der Waals surface area contributed by atoms with Crippen LogP contribution in [-0.2, 0) is 0 Å². The van der Waals surface area contributed by atoms with Crippen molar-refractivity contribution in [3.63, 3.8) is 0 Å². The number of para-hydroxylation sites is 2. The maximum atomic E-state index is 15.2. The monoisotopic (exact) mass is 616 g/mol. The van der Waals surface area contributed by atoms with E-state index in [0.29, 0.717) is 22.9 Å². The van der Waals surface area contributed by atoms with Crippen LogP contribution in [0.2, 0.25) is 0 Å². The molecule has 0 saturated heterocycles. The van der Waals surface area contributed by atoms with Gasteiger partial charge in [-0.15, -0.1) is 0 Å². The minimum atomic E-state index is -0.670. The molecule has 0 N–H and O–H groups in total. The van der Waals surface area contributed by atoms with Crippen molar-refractivity contribution in [1.29, 1.82) is 0 Å². The smallest absolute Gasteiger partial charge is 0.135 e. The number of aromatic nitrogens is 2. The molecule has 0 saturated carbocycles. The van der Waals surface area contributed by atoms with E-state index in [4.69, 9.17) is 9.72 Å². The summed E-state index contributed by atoms with van der Waals surface area (Å²) in [6.07, 6.45) is 0. The Morgan fingerprint density at radius 3 is 2.00 bits per heavy atom. The van der Waals surface area contributed by atoms with Crippen LogP contribution in [0.5, 0.6) is 11.5 Å². The Labute approximate surface area is 249 Å². The molecule has 7 rings (SSSR count). The highest BCUT2D eigenvalue weighted by Crippen LogP contribution is 2.37. The van der Waals surface area contributed by atoms with Gasteiger partial charge in [-0.2, -0.15) is 0 Å². The van der Waals surface area contributed by atoms with E-state index < -0.39 is 11.6 Å². The zero-order valence-corrected chi connectivity index (χ0v) is 24.1. The topological polar surface area (TPSA) is 27.1 Å². The van der Waals surface area contributed by atoms with E-state index in [2.05, 4.69) is 44.8 Å². The molecule has 0 atom stereocenters. The van der Waals surface area contributed by atoms with Crippen LogP contribution in [-0.4, -0.2) is 9.55 Å². The van der Waals surface area contributed by atoms with Crippen molar-refractivity contribution in [3.05, 3.63) is 143 Å². The second-order valence-electron chi connectivity index (χ2n) is 10.1. The molecule has 0 unspecified atom stereocenters. The first-order valence-corrected chi connectivity index (χ1v) is 14.2. The third-order valence-electron chi connectivity index (χ3n) is 7.37. The number of fused-ring (bicyclic) bond motifs is 3. The molecule has 5 aromatic carbocycles. The van der Waals surface area contributed by atoms with Gasteiger partial charge in [0, 0.05) is 32.4 Å². The third kappa shape index (κ3) is 4.74. The summed E-state index contributed by atoms with van der Waals surface area (Å²) < 4.78 is 38.3.